The standard InChI is InChI=1S/C33H26N2O5/c1-2-18-37-25-14-10-24(11-15-25)33(36)39-27-16-17-28-30(19-27)40-32(35)29(20-34)31(28)23-8-12-26(13-9-23)38-21-22-6-4-3-5-7-22/h2-17,19,31H,1,18,21,35H2. The molecule has 0 saturated heterocycles. The van der Waals surface area contributed by atoms with Crippen LogP contribution >= 0.6 is 0 Å². The number of nitrogens with zero attached hydrogens (tertiary/aromatic N) is 1. The number of hydrogen-bond donors (Lipinski definition) is 1. The Morgan fingerprint density at radius 2 is 1.60 bits per heavy atom. The van der Waals surface area contributed by atoms with Gasteiger partial charge in [-0.1, -0.05) is 61.2 Å². The Hall–Kier alpha value is -5.48. The van der Waals surface area contributed by atoms with Crippen molar-refractivity contribution in [2.24, 2.45) is 5.73 Å². The fourth-order valence-corrected chi connectivity index (χ4v) is 4.35. The Kier molecular flexibility index (Phi) is 7.79. The third-order valence-electron chi connectivity index (χ3n) is 6.32. The van der Waals surface area contributed by atoms with Crippen LogP contribution < -0.4 is 24.7 Å². The van der Waals surface area contributed by atoms with Crippen LogP contribution in [-0.4, -0.2) is 12.6 Å². The van der Waals surface area contributed by atoms with Crippen LogP contribution in [0.1, 0.15) is 33.0 Å². The van der Waals surface area contributed by atoms with Crippen molar-refractivity contribution in [3.8, 4) is 29.1 Å². The summed E-state index contributed by atoms with van der Waals surface area (Å²) < 4.78 is 22.7. The lowest BCUT2D eigenvalue weighted by Gasteiger charge is -2.26. The maximum absolute atomic E-state index is 12.7. The van der Waals surface area contributed by atoms with E-state index in [0.29, 0.717) is 41.6 Å². The number of benzene rings is 4. The normalized spacial score (nSPS) is 13.8. The Morgan fingerprint density at radius 3 is 2.30 bits per heavy atom. The van der Waals surface area contributed by atoms with E-state index in [1.165, 1.54) is 0 Å². The van der Waals surface area contributed by atoms with Gasteiger partial charge in [0.25, 0.3) is 0 Å². The molecule has 0 bridgehead atoms. The second-order valence-corrected chi connectivity index (χ2v) is 8.98. The van der Waals surface area contributed by atoms with Crippen molar-refractivity contribution in [3.63, 3.8) is 0 Å². The lowest BCUT2D eigenvalue weighted by molar-refractivity contribution is 0.0734. The number of hydrogen-bond acceptors (Lipinski definition) is 7. The van der Waals surface area contributed by atoms with E-state index in [4.69, 9.17) is 24.7 Å². The number of nitriles is 1. The Bertz CT molecular complexity index is 1590. The highest BCUT2D eigenvalue weighted by molar-refractivity contribution is 5.91. The smallest absolute Gasteiger partial charge is 0.343 e. The topological polar surface area (TPSA) is 104 Å². The van der Waals surface area contributed by atoms with Crippen molar-refractivity contribution < 1.29 is 23.7 Å². The molecule has 7 heteroatoms. The summed E-state index contributed by atoms with van der Waals surface area (Å²) >= 11 is 0. The molecule has 7 nitrogen and oxygen atoms in total. The molecule has 1 unspecified atom stereocenters. The van der Waals surface area contributed by atoms with Crippen molar-refractivity contribution in [1.82, 2.24) is 0 Å². The number of nitrogens with two attached hydrogens (primary N) is 1. The van der Waals surface area contributed by atoms with E-state index in [1.54, 1.807) is 48.5 Å². The summed E-state index contributed by atoms with van der Waals surface area (Å²) in [4.78, 5) is 12.7. The van der Waals surface area contributed by atoms with Crippen LogP contribution in [0.25, 0.3) is 0 Å². The fourth-order valence-electron chi connectivity index (χ4n) is 4.35. The zero-order valence-corrected chi connectivity index (χ0v) is 21.6. The fraction of sp³-hybridized carbons (Fsp3) is 0.0909. The highest BCUT2D eigenvalue weighted by Gasteiger charge is 2.31. The van der Waals surface area contributed by atoms with Crippen LogP contribution in [0.4, 0.5) is 0 Å². The van der Waals surface area contributed by atoms with E-state index in [0.717, 1.165) is 16.7 Å². The molecule has 0 aromatic heterocycles. The van der Waals surface area contributed by atoms with Crippen molar-refractivity contribution >= 4 is 5.97 Å². The van der Waals surface area contributed by atoms with Gasteiger partial charge in [-0.15, -0.1) is 0 Å². The van der Waals surface area contributed by atoms with Gasteiger partial charge in [-0.05, 0) is 53.6 Å². The van der Waals surface area contributed by atoms with Crippen molar-refractivity contribution in [2.75, 3.05) is 6.61 Å². The number of allylic oxidation sites excluding steroid dienone is 1. The molecule has 0 spiro atoms. The molecule has 4 aromatic rings. The van der Waals surface area contributed by atoms with Crippen LogP contribution in [0, 0.1) is 11.3 Å². The van der Waals surface area contributed by atoms with Gasteiger partial charge in [0, 0.05) is 11.6 Å². The summed E-state index contributed by atoms with van der Waals surface area (Å²) in [5, 5.41) is 9.87. The predicted octanol–water partition coefficient (Wildman–Crippen LogP) is 6.27. The molecular weight excluding hydrogens is 504 g/mol. The molecule has 0 radical (unpaired) electrons. The van der Waals surface area contributed by atoms with Gasteiger partial charge in [0.2, 0.25) is 5.88 Å². The van der Waals surface area contributed by atoms with Gasteiger partial charge in [-0.3, -0.25) is 0 Å². The summed E-state index contributed by atoms with van der Waals surface area (Å²) in [6, 6.07) is 31.3. The molecule has 1 aliphatic heterocycles. The minimum atomic E-state index is -0.533. The highest BCUT2D eigenvalue weighted by Crippen LogP contribution is 2.43. The van der Waals surface area contributed by atoms with Crippen LogP contribution in [0.3, 0.4) is 0 Å². The number of carbonyl (C=O) groups is 1. The second kappa shape index (κ2) is 11.9. The van der Waals surface area contributed by atoms with E-state index in [2.05, 4.69) is 12.6 Å². The van der Waals surface area contributed by atoms with Crippen LogP contribution in [0.2, 0.25) is 0 Å². The summed E-state index contributed by atoms with van der Waals surface area (Å²) in [5.74, 6) is 1.04. The van der Waals surface area contributed by atoms with Crippen LogP contribution in [-0.2, 0) is 6.61 Å². The molecule has 198 valence electrons. The zero-order valence-electron chi connectivity index (χ0n) is 21.6. The molecule has 40 heavy (non-hydrogen) atoms. The van der Waals surface area contributed by atoms with E-state index < -0.39 is 11.9 Å². The largest absolute Gasteiger partial charge is 0.490 e. The summed E-state index contributed by atoms with van der Waals surface area (Å²) in [6.07, 6.45) is 1.64. The van der Waals surface area contributed by atoms with E-state index in [9.17, 15) is 10.1 Å². The Balaban J connectivity index is 1.34. The molecule has 1 atom stereocenters. The molecule has 0 amide bonds. The number of ether oxygens (including phenoxy) is 4. The van der Waals surface area contributed by atoms with Gasteiger partial charge in [-0.25, -0.2) is 4.79 Å². The van der Waals surface area contributed by atoms with Gasteiger partial charge in [0.05, 0.1) is 11.5 Å². The van der Waals surface area contributed by atoms with Gasteiger partial charge in [0.1, 0.15) is 47.9 Å². The molecule has 2 N–H and O–H groups in total. The summed E-state index contributed by atoms with van der Waals surface area (Å²) in [6.45, 7) is 4.44. The van der Waals surface area contributed by atoms with Crippen LogP contribution in [0.15, 0.2) is 121 Å². The minimum Gasteiger partial charge on any atom is -0.490 e. The Morgan fingerprint density at radius 1 is 0.925 bits per heavy atom. The molecule has 0 aliphatic carbocycles. The maximum atomic E-state index is 12.7. The quantitative estimate of drug-likeness (QED) is 0.155. The van der Waals surface area contributed by atoms with Gasteiger partial charge in [-0.2, -0.15) is 5.26 Å². The van der Waals surface area contributed by atoms with Gasteiger partial charge < -0.3 is 24.7 Å². The number of esters is 1. The molecule has 0 fully saturated rings. The summed E-state index contributed by atoms with van der Waals surface area (Å²) in [5.41, 5.74) is 9.46. The van der Waals surface area contributed by atoms with Gasteiger partial charge >= 0.3 is 5.97 Å². The average molecular weight is 531 g/mol. The molecule has 1 aliphatic rings. The van der Waals surface area contributed by atoms with Gasteiger partial charge in [0.15, 0.2) is 0 Å². The van der Waals surface area contributed by atoms with E-state index in [1.807, 2.05) is 54.6 Å². The number of fused-ring (bicyclic) bond motifs is 1. The van der Waals surface area contributed by atoms with E-state index >= 15 is 0 Å². The summed E-state index contributed by atoms with van der Waals surface area (Å²) in [7, 11) is 0. The number of rotatable bonds is 9. The first-order chi connectivity index (χ1) is 19.6. The third kappa shape index (κ3) is 5.82. The highest BCUT2D eigenvalue weighted by atomic mass is 16.5. The molecule has 0 saturated carbocycles. The monoisotopic (exact) mass is 530 g/mol. The van der Waals surface area contributed by atoms with E-state index in [-0.39, 0.29) is 11.6 Å². The number of carbonyl (C=O) groups excluding carboxylic acids is 1. The molecule has 1 heterocycles. The van der Waals surface area contributed by atoms with Crippen molar-refractivity contribution in [3.05, 3.63) is 143 Å². The SMILES string of the molecule is C=CCOc1ccc(C(=O)Oc2ccc3c(c2)OC(N)=C(C#N)C3c2ccc(OCc3ccccc3)cc2)cc1. The first-order valence-corrected chi connectivity index (χ1v) is 12.6. The molecular formula is C33H26N2O5. The van der Waals surface area contributed by atoms with Crippen molar-refractivity contribution in [2.45, 2.75) is 12.5 Å². The minimum absolute atomic E-state index is 0.00277. The maximum Gasteiger partial charge on any atom is 0.343 e. The first kappa shape index (κ1) is 26.1. The average Bonchev–Trinajstić information content (AvgIpc) is 2.99. The zero-order chi connectivity index (χ0) is 27.9. The lowest BCUT2D eigenvalue weighted by Crippen LogP contribution is -2.21. The van der Waals surface area contributed by atoms with Crippen LogP contribution in [0.5, 0.6) is 23.0 Å². The third-order valence-corrected chi connectivity index (χ3v) is 6.32. The molecule has 4 aromatic carbocycles. The van der Waals surface area contributed by atoms with Crippen molar-refractivity contribution in [1.29, 1.82) is 5.26 Å². The molecule has 5 rings (SSSR count). The second-order valence-electron chi connectivity index (χ2n) is 8.98. The Labute approximate surface area is 232 Å². The lowest BCUT2D eigenvalue weighted by atomic mass is 9.83. The predicted molar refractivity (Wildman–Crippen MR) is 150 cm³/mol. The first-order valence-electron chi connectivity index (χ1n) is 12.6.